The number of amides is 1. The fraction of sp³-hybridized carbons (Fsp3) is 0.562. The maximum Gasteiger partial charge on any atom is 0.250 e. The average Bonchev–Trinajstić information content (AvgIpc) is 2.51. The summed E-state index contributed by atoms with van der Waals surface area (Å²) >= 11 is 6.49. The van der Waals surface area contributed by atoms with Crippen LogP contribution in [0.2, 0.25) is 0 Å². The van der Waals surface area contributed by atoms with E-state index < -0.39 is 4.87 Å². The fourth-order valence-electron chi connectivity index (χ4n) is 2.23. The van der Waals surface area contributed by atoms with Crippen molar-refractivity contribution in [2.45, 2.75) is 44.9 Å². The molecule has 0 aliphatic carbocycles. The zero-order valence-corrected chi connectivity index (χ0v) is 13.5. The van der Waals surface area contributed by atoms with Crippen LogP contribution < -0.4 is 4.90 Å². The van der Waals surface area contributed by atoms with Crippen LogP contribution in [0.1, 0.15) is 39.2 Å². The summed E-state index contributed by atoms with van der Waals surface area (Å²) in [5.74, 6) is -0.0908. The number of alkyl halides is 1. The van der Waals surface area contributed by atoms with E-state index in [1.165, 1.54) is 0 Å². The van der Waals surface area contributed by atoms with Gasteiger partial charge >= 0.3 is 0 Å². The Labute approximate surface area is 126 Å². The van der Waals surface area contributed by atoms with E-state index in [1.54, 1.807) is 12.0 Å². The largest absolute Gasteiger partial charge is 0.364 e. The van der Waals surface area contributed by atoms with Gasteiger partial charge in [-0.05, 0) is 30.9 Å². The lowest BCUT2D eigenvalue weighted by Crippen LogP contribution is -2.46. The minimum atomic E-state index is -0.862. The number of nitrogens with zero attached hydrogens (tertiary/aromatic N) is 1. The van der Waals surface area contributed by atoms with Gasteiger partial charge in [0.25, 0.3) is 0 Å². The number of methoxy groups -OCH3 is 1. The summed E-state index contributed by atoms with van der Waals surface area (Å²) in [6, 6.07) is 7.88. The van der Waals surface area contributed by atoms with Crippen molar-refractivity contribution in [1.29, 1.82) is 0 Å². The molecule has 1 amide bonds. The molecule has 0 bridgehead atoms. The van der Waals surface area contributed by atoms with E-state index in [1.807, 2.05) is 38.1 Å². The molecule has 1 rings (SSSR count). The van der Waals surface area contributed by atoms with Crippen molar-refractivity contribution in [1.82, 2.24) is 0 Å². The summed E-state index contributed by atoms with van der Waals surface area (Å²) in [7, 11) is 1.59. The Hall–Kier alpha value is -1.06. The monoisotopic (exact) mass is 297 g/mol. The van der Waals surface area contributed by atoms with E-state index in [-0.39, 0.29) is 12.6 Å². The van der Waals surface area contributed by atoms with Crippen molar-refractivity contribution in [2.24, 2.45) is 0 Å². The lowest BCUT2D eigenvalue weighted by atomic mass is 9.99. The number of para-hydroxylation sites is 1. The number of carbonyl (C=O) groups excluding carboxylic acids is 1. The minimum Gasteiger partial charge on any atom is -0.364 e. The molecule has 0 unspecified atom stereocenters. The standard InChI is InChI=1S/C16H24ClNO2/c1-5-13-10-8-9-11-14(13)18(12-20-4)15(19)16(17,6-2)7-3/h8-11H,5-7,12H2,1-4H3. The number of aryl methyl sites for hydroxylation is 1. The van der Waals surface area contributed by atoms with Crippen LogP contribution in [-0.4, -0.2) is 24.6 Å². The average molecular weight is 298 g/mol. The van der Waals surface area contributed by atoms with Gasteiger partial charge in [-0.2, -0.15) is 0 Å². The topological polar surface area (TPSA) is 29.5 Å². The minimum absolute atomic E-state index is 0.0908. The normalized spacial score (nSPS) is 11.4. The Morgan fingerprint density at radius 2 is 1.85 bits per heavy atom. The molecule has 0 aliphatic rings. The molecule has 1 aromatic carbocycles. The molecule has 0 aliphatic heterocycles. The smallest absolute Gasteiger partial charge is 0.250 e. The van der Waals surface area contributed by atoms with E-state index in [0.29, 0.717) is 12.8 Å². The molecule has 4 heteroatoms. The Kier molecular flexibility index (Phi) is 6.50. The summed E-state index contributed by atoms with van der Waals surface area (Å²) in [5, 5.41) is 0. The van der Waals surface area contributed by atoms with Gasteiger partial charge in [-0.3, -0.25) is 9.69 Å². The summed E-state index contributed by atoms with van der Waals surface area (Å²) in [6.45, 7) is 6.16. The SMILES string of the molecule is CCc1ccccc1N(COC)C(=O)C(Cl)(CC)CC. The van der Waals surface area contributed by atoms with Crippen LogP contribution in [-0.2, 0) is 16.0 Å². The van der Waals surface area contributed by atoms with Gasteiger partial charge < -0.3 is 4.74 Å². The summed E-state index contributed by atoms with van der Waals surface area (Å²) in [6.07, 6.45) is 2.05. The Bertz CT molecular complexity index is 444. The molecule has 3 nitrogen and oxygen atoms in total. The Morgan fingerprint density at radius 1 is 1.25 bits per heavy atom. The zero-order valence-electron chi connectivity index (χ0n) is 12.8. The highest BCUT2D eigenvalue weighted by Gasteiger charge is 2.37. The quantitative estimate of drug-likeness (QED) is 0.563. The number of hydrogen-bond donors (Lipinski definition) is 0. The fourth-order valence-corrected chi connectivity index (χ4v) is 2.34. The summed E-state index contributed by atoms with van der Waals surface area (Å²) in [4.78, 5) is 13.6. The first-order valence-corrected chi connectivity index (χ1v) is 7.49. The van der Waals surface area contributed by atoms with Crippen molar-refractivity contribution < 1.29 is 9.53 Å². The van der Waals surface area contributed by atoms with Crippen LogP contribution in [0, 0.1) is 0 Å². The second kappa shape index (κ2) is 7.65. The van der Waals surface area contributed by atoms with E-state index in [9.17, 15) is 4.79 Å². The van der Waals surface area contributed by atoms with E-state index >= 15 is 0 Å². The van der Waals surface area contributed by atoms with Gasteiger partial charge in [0, 0.05) is 12.8 Å². The molecule has 0 radical (unpaired) electrons. The van der Waals surface area contributed by atoms with Gasteiger partial charge in [0.05, 0.1) is 0 Å². The predicted molar refractivity (Wildman–Crippen MR) is 84.3 cm³/mol. The molecule has 0 fully saturated rings. The number of rotatable bonds is 7. The third-order valence-corrected chi connectivity index (χ3v) is 4.37. The van der Waals surface area contributed by atoms with E-state index in [2.05, 4.69) is 6.92 Å². The first-order valence-electron chi connectivity index (χ1n) is 7.11. The van der Waals surface area contributed by atoms with Gasteiger partial charge in [-0.1, -0.05) is 39.0 Å². The third kappa shape index (κ3) is 3.53. The molecule has 0 aromatic heterocycles. The van der Waals surface area contributed by atoms with Crippen molar-refractivity contribution in [3.63, 3.8) is 0 Å². The number of hydrogen-bond acceptors (Lipinski definition) is 2. The highest BCUT2D eigenvalue weighted by Crippen LogP contribution is 2.30. The highest BCUT2D eigenvalue weighted by molar-refractivity contribution is 6.36. The first kappa shape index (κ1) is 17.0. The highest BCUT2D eigenvalue weighted by atomic mass is 35.5. The van der Waals surface area contributed by atoms with E-state index in [0.717, 1.165) is 17.7 Å². The molecule has 0 saturated carbocycles. The van der Waals surface area contributed by atoms with Crippen LogP contribution in [0.4, 0.5) is 5.69 Å². The number of halogens is 1. The van der Waals surface area contributed by atoms with Crippen LogP contribution >= 0.6 is 11.6 Å². The molecule has 0 N–H and O–H groups in total. The lowest BCUT2D eigenvalue weighted by Gasteiger charge is -2.32. The maximum absolute atomic E-state index is 12.8. The second-order valence-electron chi connectivity index (χ2n) is 4.81. The van der Waals surface area contributed by atoms with Gasteiger partial charge in [-0.25, -0.2) is 0 Å². The maximum atomic E-state index is 12.8. The second-order valence-corrected chi connectivity index (χ2v) is 5.53. The molecule has 0 saturated heterocycles. The van der Waals surface area contributed by atoms with Crippen LogP contribution in [0.15, 0.2) is 24.3 Å². The molecule has 1 aromatic rings. The molecular weight excluding hydrogens is 274 g/mol. The number of benzene rings is 1. The summed E-state index contributed by atoms with van der Waals surface area (Å²) < 4.78 is 5.21. The van der Waals surface area contributed by atoms with Gasteiger partial charge in [0.15, 0.2) is 0 Å². The molecular formula is C16H24ClNO2. The van der Waals surface area contributed by atoms with Gasteiger partial charge in [0.1, 0.15) is 11.6 Å². The van der Waals surface area contributed by atoms with Gasteiger partial charge in [0.2, 0.25) is 5.91 Å². The van der Waals surface area contributed by atoms with Crippen molar-refractivity contribution >= 4 is 23.2 Å². The molecule has 0 spiro atoms. The number of carbonyl (C=O) groups is 1. The number of ether oxygens (including phenoxy) is 1. The van der Waals surface area contributed by atoms with Crippen LogP contribution in [0.3, 0.4) is 0 Å². The molecule has 20 heavy (non-hydrogen) atoms. The van der Waals surface area contributed by atoms with Crippen molar-refractivity contribution in [3.8, 4) is 0 Å². The van der Waals surface area contributed by atoms with Crippen molar-refractivity contribution in [3.05, 3.63) is 29.8 Å². The van der Waals surface area contributed by atoms with Crippen LogP contribution in [0.25, 0.3) is 0 Å². The van der Waals surface area contributed by atoms with Crippen molar-refractivity contribution in [2.75, 3.05) is 18.7 Å². The van der Waals surface area contributed by atoms with E-state index in [4.69, 9.17) is 16.3 Å². The molecule has 112 valence electrons. The molecule has 0 heterocycles. The Morgan fingerprint density at radius 3 is 2.35 bits per heavy atom. The summed E-state index contributed by atoms with van der Waals surface area (Å²) in [5.41, 5.74) is 2.00. The van der Waals surface area contributed by atoms with Crippen LogP contribution in [0.5, 0.6) is 0 Å². The Balaban J connectivity index is 3.20. The molecule has 0 atom stereocenters. The third-order valence-electron chi connectivity index (χ3n) is 3.67. The zero-order chi connectivity index (χ0) is 15.2. The van der Waals surface area contributed by atoms with Gasteiger partial charge in [-0.15, -0.1) is 11.6 Å². The first-order chi connectivity index (χ1) is 9.53. The number of anilines is 1. The predicted octanol–water partition coefficient (Wildman–Crippen LogP) is 3.98. The lowest BCUT2D eigenvalue weighted by molar-refractivity contribution is -0.122.